The number of carbonyl (C=O) groups is 2. The first kappa shape index (κ1) is 21.0. The van der Waals surface area contributed by atoms with Crippen molar-refractivity contribution < 1.29 is 9.59 Å². The van der Waals surface area contributed by atoms with Gasteiger partial charge in [-0.2, -0.15) is 0 Å². The molecular weight excluding hydrogens is 402 g/mol. The van der Waals surface area contributed by atoms with Crippen molar-refractivity contribution in [1.29, 1.82) is 0 Å². The van der Waals surface area contributed by atoms with Gasteiger partial charge in [0.1, 0.15) is 0 Å². The molecule has 0 radical (unpaired) electrons. The minimum Gasteiger partial charge on any atom is -0.396 e. The summed E-state index contributed by atoms with van der Waals surface area (Å²) in [6.45, 7) is 9.27. The van der Waals surface area contributed by atoms with E-state index < -0.39 is 0 Å². The molecule has 3 heterocycles. The molecule has 1 aromatic heterocycles. The van der Waals surface area contributed by atoms with E-state index in [4.69, 9.17) is 10.7 Å². The van der Waals surface area contributed by atoms with Gasteiger partial charge in [0.05, 0.1) is 11.4 Å². The number of pyridine rings is 1. The van der Waals surface area contributed by atoms with Gasteiger partial charge in [-0.15, -0.1) is 0 Å². The third kappa shape index (κ3) is 4.00. The van der Waals surface area contributed by atoms with Crippen LogP contribution < -0.4 is 10.6 Å². The topological polar surface area (TPSA) is 82.8 Å². The molecule has 2 N–H and O–H groups in total. The average molecular weight is 436 g/mol. The van der Waals surface area contributed by atoms with Crippen molar-refractivity contribution in [2.45, 2.75) is 51.0 Å². The molecule has 2 aliphatic heterocycles. The van der Waals surface area contributed by atoms with Gasteiger partial charge in [-0.1, -0.05) is 12.7 Å². The van der Waals surface area contributed by atoms with Crippen molar-refractivity contribution in [3.63, 3.8) is 0 Å². The Kier molecular flexibility index (Phi) is 5.43. The Morgan fingerprint density at radius 1 is 1.19 bits per heavy atom. The highest BCUT2D eigenvalue weighted by molar-refractivity contribution is 5.88. The van der Waals surface area contributed by atoms with Crippen molar-refractivity contribution in [2.24, 2.45) is 5.92 Å². The lowest BCUT2D eigenvalue weighted by Crippen LogP contribution is -2.54. The number of rotatable bonds is 5. The standard InChI is InChI=1S/C25H33N5O2/c1-3-22(31)28-10-8-17(9-11-28)20-14-21(26)24(27-23(20)18-4-5-18)29-12-13-30(16(2)15-29)25(32)19-6-7-19/h3,8,14,16,18-19H,1,4-7,9-13,15,26H2,2H3/t16-/m1/s1. The summed E-state index contributed by atoms with van der Waals surface area (Å²) in [4.78, 5) is 35.7. The van der Waals surface area contributed by atoms with Crippen LogP contribution in [0, 0.1) is 5.92 Å². The number of piperazine rings is 1. The van der Waals surface area contributed by atoms with E-state index in [0.717, 1.165) is 68.8 Å². The third-order valence-electron chi connectivity index (χ3n) is 7.20. The van der Waals surface area contributed by atoms with Crippen molar-refractivity contribution >= 4 is 28.9 Å². The lowest BCUT2D eigenvalue weighted by atomic mass is 9.95. The first-order valence-electron chi connectivity index (χ1n) is 11.9. The van der Waals surface area contributed by atoms with E-state index in [1.807, 2.05) is 9.80 Å². The fourth-order valence-electron chi connectivity index (χ4n) is 5.00. The molecule has 2 amide bonds. The molecule has 0 bridgehead atoms. The maximum absolute atomic E-state index is 12.6. The molecule has 170 valence electrons. The van der Waals surface area contributed by atoms with Gasteiger partial charge >= 0.3 is 0 Å². The normalized spacial score (nSPS) is 23.7. The first-order chi connectivity index (χ1) is 15.5. The monoisotopic (exact) mass is 435 g/mol. The maximum Gasteiger partial charge on any atom is 0.246 e. The third-order valence-corrected chi connectivity index (χ3v) is 7.20. The predicted octanol–water partition coefficient (Wildman–Crippen LogP) is 2.79. The fourth-order valence-corrected chi connectivity index (χ4v) is 5.00. The van der Waals surface area contributed by atoms with E-state index in [0.29, 0.717) is 30.6 Å². The second-order valence-electron chi connectivity index (χ2n) is 9.68. The van der Waals surface area contributed by atoms with Crippen LogP contribution in [0.5, 0.6) is 0 Å². The second-order valence-corrected chi connectivity index (χ2v) is 9.68. The zero-order valence-electron chi connectivity index (χ0n) is 18.9. The second kappa shape index (κ2) is 8.26. The van der Waals surface area contributed by atoms with Gasteiger partial charge in [0, 0.05) is 56.2 Å². The highest BCUT2D eigenvalue weighted by atomic mass is 16.2. The zero-order valence-corrected chi connectivity index (χ0v) is 18.9. The number of nitrogens with zero attached hydrogens (tertiary/aromatic N) is 4. The fraction of sp³-hybridized carbons (Fsp3) is 0.560. The number of nitrogen functional groups attached to an aromatic ring is 1. The molecule has 0 unspecified atom stereocenters. The number of carbonyl (C=O) groups excluding carboxylic acids is 2. The molecular formula is C25H33N5O2. The molecule has 5 rings (SSSR count). The van der Waals surface area contributed by atoms with Crippen LogP contribution in [0.25, 0.3) is 5.57 Å². The molecule has 2 aliphatic carbocycles. The summed E-state index contributed by atoms with van der Waals surface area (Å²) in [5, 5.41) is 0. The Bertz CT molecular complexity index is 979. The van der Waals surface area contributed by atoms with Crippen LogP contribution in [0.4, 0.5) is 11.5 Å². The molecule has 1 saturated heterocycles. The Hall–Kier alpha value is -2.83. The van der Waals surface area contributed by atoms with Crippen molar-refractivity contribution in [3.8, 4) is 0 Å². The summed E-state index contributed by atoms with van der Waals surface area (Å²) < 4.78 is 0. The molecule has 3 fully saturated rings. The smallest absolute Gasteiger partial charge is 0.246 e. The quantitative estimate of drug-likeness (QED) is 0.719. The number of nitrogens with two attached hydrogens (primary N) is 1. The summed E-state index contributed by atoms with van der Waals surface area (Å²) in [5.74, 6) is 1.91. The van der Waals surface area contributed by atoms with Crippen LogP contribution in [-0.4, -0.2) is 65.4 Å². The summed E-state index contributed by atoms with van der Waals surface area (Å²) in [6.07, 6.45) is 8.73. The Morgan fingerprint density at radius 3 is 2.56 bits per heavy atom. The Labute approximate surface area is 189 Å². The van der Waals surface area contributed by atoms with Crippen LogP contribution in [0.3, 0.4) is 0 Å². The number of hydrogen-bond donors (Lipinski definition) is 1. The molecule has 7 nitrogen and oxygen atoms in total. The first-order valence-corrected chi connectivity index (χ1v) is 11.9. The SMILES string of the molecule is C=CC(=O)N1CC=C(c2cc(N)c(N3CCN(C(=O)C4CC4)[C@H](C)C3)nc2C2CC2)CC1. The number of aromatic nitrogens is 1. The van der Waals surface area contributed by atoms with E-state index in [1.54, 1.807) is 0 Å². The number of amides is 2. The predicted molar refractivity (Wildman–Crippen MR) is 126 cm³/mol. The van der Waals surface area contributed by atoms with E-state index in [-0.39, 0.29) is 17.9 Å². The summed E-state index contributed by atoms with van der Waals surface area (Å²) in [7, 11) is 0. The van der Waals surface area contributed by atoms with Gasteiger partial charge in [0.2, 0.25) is 11.8 Å². The lowest BCUT2D eigenvalue weighted by Gasteiger charge is -2.41. The Morgan fingerprint density at radius 2 is 1.97 bits per heavy atom. The zero-order chi connectivity index (χ0) is 22.4. The van der Waals surface area contributed by atoms with Gasteiger partial charge in [-0.3, -0.25) is 9.59 Å². The molecule has 2 saturated carbocycles. The lowest BCUT2D eigenvalue weighted by molar-refractivity contribution is -0.135. The summed E-state index contributed by atoms with van der Waals surface area (Å²) >= 11 is 0. The molecule has 1 aromatic rings. The number of anilines is 2. The summed E-state index contributed by atoms with van der Waals surface area (Å²) in [5.41, 5.74) is 10.8. The van der Waals surface area contributed by atoms with Crippen LogP contribution in [-0.2, 0) is 9.59 Å². The van der Waals surface area contributed by atoms with Crippen LogP contribution in [0.15, 0.2) is 24.8 Å². The maximum atomic E-state index is 12.6. The van der Waals surface area contributed by atoms with Crippen molar-refractivity contribution in [1.82, 2.24) is 14.8 Å². The number of hydrogen-bond acceptors (Lipinski definition) is 5. The van der Waals surface area contributed by atoms with Crippen LogP contribution >= 0.6 is 0 Å². The average Bonchev–Trinajstić information content (AvgIpc) is 3.71. The van der Waals surface area contributed by atoms with Crippen LogP contribution in [0.1, 0.15) is 56.2 Å². The van der Waals surface area contributed by atoms with Crippen molar-refractivity contribution in [2.75, 3.05) is 43.4 Å². The molecule has 1 atom stereocenters. The van der Waals surface area contributed by atoms with E-state index >= 15 is 0 Å². The van der Waals surface area contributed by atoms with Crippen LogP contribution in [0.2, 0.25) is 0 Å². The molecule has 0 spiro atoms. The van der Waals surface area contributed by atoms with Gasteiger partial charge in [0.25, 0.3) is 0 Å². The molecule has 32 heavy (non-hydrogen) atoms. The largest absolute Gasteiger partial charge is 0.396 e. The van der Waals surface area contributed by atoms with Crippen molar-refractivity contribution in [3.05, 3.63) is 36.1 Å². The Balaban J connectivity index is 1.37. The minimum absolute atomic E-state index is 0.0240. The summed E-state index contributed by atoms with van der Waals surface area (Å²) in [6, 6.07) is 2.26. The molecule has 0 aromatic carbocycles. The highest BCUT2D eigenvalue weighted by Gasteiger charge is 2.38. The molecule has 7 heteroatoms. The van der Waals surface area contributed by atoms with Gasteiger partial charge in [0.15, 0.2) is 5.82 Å². The molecule has 4 aliphatic rings. The highest BCUT2D eigenvalue weighted by Crippen LogP contribution is 2.45. The van der Waals surface area contributed by atoms with Gasteiger partial charge in [-0.05, 0) is 56.7 Å². The van der Waals surface area contributed by atoms with E-state index in [9.17, 15) is 9.59 Å². The van der Waals surface area contributed by atoms with E-state index in [2.05, 4.69) is 30.5 Å². The van der Waals surface area contributed by atoms with Gasteiger partial charge in [-0.25, -0.2) is 4.98 Å². The minimum atomic E-state index is -0.0240. The van der Waals surface area contributed by atoms with E-state index in [1.165, 1.54) is 11.6 Å². The van der Waals surface area contributed by atoms with Gasteiger partial charge < -0.3 is 20.4 Å².